The summed E-state index contributed by atoms with van der Waals surface area (Å²) in [5.41, 5.74) is 5.23. The van der Waals surface area contributed by atoms with Crippen molar-refractivity contribution in [3.05, 3.63) is 35.4 Å². The number of nitrogens with one attached hydrogen (secondary N) is 1. The predicted molar refractivity (Wildman–Crippen MR) is 77.4 cm³/mol. The van der Waals surface area contributed by atoms with Gasteiger partial charge in [-0.15, -0.1) is 0 Å². The summed E-state index contributed by atoms with van der Waals surface area (Å²) in [7, 11) is 0. The van der Waals surface area contributed by atoms with Crippen LogP contribution in [0.5, 0.6) is 0 Å². The molecule has 0 fully saturated rings. The van der Waals surface area contributed by atoms with Gasteiger partial charge in [-0.05, 0) is 44.9 Å². The maximum atomic E-state index is 12.4. The molecule has 0 aliphatic rings. The summed E-state index contributed by atoms with van der Waals surface area (Å²) in [6.45, 7) is 5.41. The molecule has 7 heteroatoms. The Labute approximate surface area is 127 Å². The second-order valence-electron chi connectivity index (χ2n) is 6.04. The summed E-state index contributed by atoms with van der Waals surface area (Å²) in [4.78, 5) is 11.5. The summed E-state index contributed by atoms with van der Waals surface area (Å²) >= 11 is 0. The Morgan fingerprint density at radius 2 is 1.77 bits per heavy atom. The van der Waals surface area contributed by atoms with Crippen LogP contribution in [-0.2, 0) is 17.3 Å². The van der Waals surface area contributed by atoms with E-state index in [-0.39, 0.29) is 6.54 Å². The minimum absolute atomic E-state index is 0.177. The number of benzene rings is 1. The van der Waals surface area contributed by atoms with Crippen molar-refractivity contribution < 1.29 is 22.7 Å². The summed E-state index contributed by atoms with van der Waals surface area (Å²) in [6, 6.07) is 4.39. The van der Waals surface area contributed by atoms with Gasteiger partial charge in [-0.2, -0.15) is 13.2 Å². The van der Waals surface area contributed by atoms with E-state index in [1.165, 1.54) is 12.1 Å². The van der Waals surface area contributed by atoms with E-state index in [2.05, 4.69) is 5.32 Å². The number of rotatable bonds is 4. The fourth-order valence-electron chi connectivity index (χ4n) is 1.73. The van der Waals surface area contributed by atoms with Crippen LogP contribution in [0.3, 0.4) is 0 Å². The molecule has 0 aliphatic heterocycles. The molecule has 124 valence electrons. The topological polar surface area (TPSA) is 64.3 Å². The van der Waals surface area contributed by atoms with Crippen molar-refractivity contribution in [2.24, 2.45) is 5.73 Å². The minimum Gasteiger partial charge on any atom is -0.444 e. The number of carbonyl (C=O) groups is 1. The van der Waals surface area contributed by atoms with E-state index < -0.39 is 29.5 Å². The maximum absolute atomic E-state index is 12.4. The van der Waals surface area contributed by atoms with Crippen molar-refractivity contribution in [1.29, 1.82) is 0 Å². The molecule has 4 nitrogen and oxygen atoms in total. The van der Waals surface area contributed by atoms with Crippen LogP contribution in [0.2, 0.25) is 0 Å². The second-order valence-corrected chi connectivity index (χ2v) is 6.04. The third-order valence-corrected chi connectivity index (χ3v) is 2.69. The molecule has 0 saturated carbocycles. The van der Waals surface area contributed by atoms with Gasteiger partial charge in [-0.3, -0.25) is 0 Å². The van der Waals surface area contributed by atoms with Crippen LogP contribution in [0.4, 0.5) is 18.0 Å². The van der Waals surface area contributed by atoms with Gasteiger partial charge in [0.15, 0.2) is 0 Å². The lowest BCUT2D eigenvalue weighted by Gasteiger charge is -2.20. The fourth-order valence-corrected chi connectivity index (χ4v) is 1.73. The lowest BCUT2D eigenvalue weighted by atomic mass is 10.0. The molecular formula is C15H21F3N2O2. The van der Waals surface area contributed by atoms with E-state index in [0.717, 1.165) is 12.1 Å². The molecule has 0 aliphatic carbocycles. The van der Waals surface area contributed by atoms with E-state index >= 15 is 0 Å². The summed E-state index contributed by atoms with van der Waals surface area (Å²) in [5, 5.41) is 2.53. The SMILES string of the molecule is CC(C)(C)OC(=O)NCC(N)Cc1ccc(C(F)(F)F)cc1. The van der Waals surface area contributed by atoms with Gasteiger partial charge in [-0.25, -0.2) is 4.79 Å². The summed E-state index contributed by atoms with van der Waals surface area (Å²) < 4.78 is 42.4. The van der Waals surface area contributed by atoms with Crippen LogP contribution in [0.25, 0.3) is 0 Å². The molecule has 0 spiro atoms. The largest absolute Gasteiger partial charge is 0.444 e. The summed E-state index contributed by atoms with van der Waals surface area (Å²) in [5.74, 6) is 0. The molecule has 1 aromatic rings. The molecule has 0 radical (unpaired) electrons. The van der Waals surface area contributed by atoms with Gasteiger partial charge >= 0.3 is 12.3 Å². The second kappa shape index (κ2) is 7.00. The van der Waals surface area contributed by atoms with Crippen molar-refractivity contribution in [3.8, 4) is 0 Å². The average molecular weight is 318 g/mol. The number of alkyl carbamates (subject to hydrolysis) is 1. The predicted octanol–water partition coefficient (Wildman–Crippen LogP) is 3.10. The Morgan fingerprint density at radius 1 is 1.23 bits per heavy atom. The Bertz CT molecular complexity index is 493. The fraction of sp³-hybridized carbons (Fsp3) is 0.533. The first kappa shape index (κ1) is 18.3. The highest BCUT2D eigenvalue weighted by Gasteiger charge is 2.29. The molecule has 0 bridgehead atoms. The molecule has 0 aromatic heterocycles. The van der Waals surface area contributed by atoms with Gasteiger partial charge in [0, 0.05) is 12.6 Å². The molecule has 3 N–H and O–H groups in total. The lowest BCUT2D eigenvalue weighted by Crippen LogP contribution is -2.41. The monoisotopic (exact) mass is 318 g/mol. The number of amides is 1. The smallest absolute Gasteiger partial charge is 0.416 e. The molecule has 1 atom stereocenters. The highest BCUT2D eigenvalue weighted by molar-refractivity contribution is 5.67. The molecule has 0 saturated heterocycles. The third-order valence-electron chi connectivity index (χ3n) is 2.69. The van der Waals surface area contributed by atoms with Crippen molar-refractivity contribution in [2.45, 2.75) is 45.0 Å². The van der Waals surface area contributed by atoms with Crippen molar-refractivity contribution >= 4 is 6.09 Å². The van der Waals surface area contributed by atoms with Gasteiger partial charge < -0.3 is 15.8 Å². The number of halogens is 3. The van der Waals surface area contributed by atoms with E-state index in [1.54, 1.807) is 20.8 Å². The first-order valence-electron chi connectivity index (χ1n) is 6.86. The average Bonchev–Trinajstić information content (AvgIpc) is 2.34. The highest BCUT2D eigenvalue weighted by Crippen LogP contribution is 2.29. The Kier molecular flexibility index (Phi) is 5.82. The number of alkyl halides is 3. The number of nitrogens with two attached hydrogens (primary N) is 1. The van der Waals surface area contributed by atoms with Crippen molar-refractivity contribution in [2.75, 3.05) is 6.54 Å². The molecule has 1 unspecified atom stereocenters. The van der Waals surface area contributed by atoms with E-state index in [9.17, 15) is 18.0 Å². The van der Waals surface area contributed by atoms with Gasteiger partial charge in [0.1, 0.15) is 5.60 Å². The van der Waals surface area contributed by atoms with Crippen LogP contribution in [0.15, 0.2) is 24.3 Å². The molecule has 1 rings (SSSR count). The van der Waals surface area contributed by atoms with Gasteiger partial charge in [-0.1, -0.05) is 12.1 Å². The van der Waals surface area contributed by atoms with Crippen molar-refractivity contribution in [3.63, 3.8) is 0 Å². The Hall–Kier alpha value is -1.76. The molecular weight excluding hydrogens is 297 g/mol. The van der Waals surface area contributed by atoms with Crippen molar-refractivity contribution in [1.82, 2.24) is 5.32 Å². The van der Waals surface area contributed by atoms with Gasteiger partial charge in [0.25, 0.3) is 0 Å². The van der Waals surface area contributed by atoms with Crippen LogP contribution in [-0.4, -0.2) is 24.3 Å². The number of ether oxygens (including phenoxy) is 1. The van der Waals surface area contributed by atoms with Crippen LogP contribution in [0.1, 0.15) is 31.9 Å². The number of carbonyl (C=O) groups excluding carboxylic acids is 1. The Morgan fingerprint density at radius 3 is 2.23 bits per heavy atom. The van der Waals surface area contributed by atoms with Gasteiger partial charge in [0.2, 0.25) is 0 Å². The third kappa shape index (κ3) is 6.80. The molecule has 0 heterocycles. The normalized spacial score (nSPS) is 13.6. The maximum Gasteiger partial charge on any atom is 0.416 e. The van der Waals surface area contributed by atoms with Crippen LogP contribution >= 0.6 is 0 Å². The highest BCUT2D eigenvalue weighted by atomic mass is 19.4. The van der Waals surface area contributed by atoms with E-state index in [0.29, 0.717) is 12.0 Å². The van der Waals surface area contributed by atoms with Crippen LogP contribution < -0.4 is 11.1 Å². The number of hydrogen-bond donors (Lipinski definition) is 2. The standard InChI is InChI=1S/C15H21F3N2O2/c1-14(2,3)22-13(21)20-9-12(19)8-10-4-6-11(7-5-10)15(16,17)18/h4-7,12H,8-9,19H2,1-3H3,(H,20,21). The first-order valence-corrected chi connectivity index (χ1v) is 6.86. The number of hydrogen-bond acceptors (Lipinski definition) is 3. The zero-order valence-corrected chi connectivity index (χ0v) is 12.8. The van der Waals surface area contributed by atoms with Crippen LogP contribution in [0, 0.1) is 0 Å². The molecule has 1 amide bonds. The lowest BCUT2D eigenvalue weighted by molar-refractivity contribution is -0.137. The first-order chi connectivity index (χ1) is 9.97. The minimum atomic E-state index is -4.35. The van der Waals surface area contributed by atoms with E-state index in [4.69, 9.17) is 10.5 Å². The van der Waals surface area contributed by atoms with Gasteiger partial charge in [0.05, 0.1) is 5.56 Å². The Balaban J connectivity index is 2.45. The molecule has 1 aromatic carbocycles. The quantitative estimate of drug-likeness (QED) is 0.896. The van der Waals surface area contributed by atoms with E-state index in [1.807, 2.05) is 0 Å². The summed E-state index contributed by atoms with van der Waals surface area (Å²) in [6.07, 6.45) is -4.57. The zero-order chi connectivity index (χ0) is 17.0. The molecule has 22 heavy (non-hydrogen) atoms. The zero-order valence-electron chi connectivity index (χ0n) is 12.8.